The predicted octanol–water partition coefficient (Wildman–Crippen LogP) is 16.0. The molecule has 2 heteroatoms. The number of hydrogen-bond donors (Lipinski definition) is 0. The molecule has 56 heavy (non-hydrogen) atoms. The lowest BCUT2D eigenvalue weighted by Crippen LogP contribution is -2.12. The first-order valence-electron chi connectivity index (χ1n) is 19.2. The molecule has 11 rings (SSSR count). The minimum Gasteiger partial charge on any atom is -0.309 e. The fourth-order valence-corrected chi connectivity index (χ4v) is 9.93. The number of thiophene rings is 1. The van der Waals surface area contributed by atoms with Crippen LogP contribution in [0.4, 0.5) is 17.1 Å². The smallest absolute Gasteiger partial charge is 0.0547 e. The van der Waals surface area contributed by atoms with Crippen molar-refractivity contribution in [2.24, 2.45) is 0 Å². The van der Waals surface area contributed by atoms with Crippen molar-refractivity contribution >= 4 is 80.9 Å². The van der Waals surface area contributed by atoms with Gasteiger partial charge in [-0.3, -0.25) is 0 Å². The first-order valence-corrected chi connectivity index (χ1v) is 20.0. The van der Waals surface area contributed by atoms with E-state index in [0.717, 1.165) is 17.1 Å². The molecule has 0 aliphatic carbocycles. The molecule has 1 heterocycles. The number of nitrogens with zero attached hydrogens (tertiary/aromatic N) is 1. The summed E-state index contributed by atoms with van der Waals surface area (Å²) in [5, 5.41) is 10.1. The lowest BCUT2D eigenvalue weighted by atomic mass is 9.91. The summed E-state index contributed by atoms with van der Waals surface area (Å²) in [6.07, 6.45) is 0. The average Bonchev–Trinajstić information content (AvgIpc) is 3.66. The minimum atomic E-state index is 1.10. The molecule has 0 aliphatic rings. The zero-order valence-electron chi connectivity index (χ0n) is 30.6. The summed E-state index contributed by atoms with van der Waals surface area (Å²) < 4.78 is 2.63. The van der Waals surface area contributed by atoms with Gasteiger partial charge in [-0.2, -0.15) is 0 Å². The van der Waals surface area contributed by atoms with Crippen molar-refractivity contribution in [2.45, 2.75) is 0 Å². The summed E-state index contributed by atoms with van der Waals surface area (Å²) in [6.45, 7) is 0. The molecule has 0 atom stereocenters. The molecule has 0 saturated heterocycles. The third-order valence-electron chi connectivity index (χ3n) is 11.2. The van der Waals surface area contributed by atoms with E-state index in [2.05, 4.69) is 217 Å². The van der Waals surface area contributed by atoms with Gasteiger partial charge in [0.05, 0.1) is 11.4 Å². The Balaban J connectivity index is 1.23. The van der Waals surface area contributed by atoms with Gasteiger partial charge in [-0.05, 0) is 85.8 Å². The summed E-state index contributed by atoms with van der Waals surface area (Å²) in [6, 6.07) is 77.8. The van der Waals surface area contributed by atoms with Gasteiger partial charge in [-0.1, -0.05) is 176 Å². The van der Waals surface area contributed by atoms with E-state index in [9.17, 15) is 0 Å². The monoisotopic (exact) mass is 729 g/mol. The van der Waals surface area contributed by atoms with E-state index >= 15 is 0 Å². The van der Waals surface area contributed by atoms with E-state index in [0.29, 0.717) is 0 Å². The lowest BCUT2D eigenvalue weighted by molar-refractivity contribution is 1.30. The lowest BCUT2D eigenvalue weighted by Gasteiger charge is -2.30. The Morgan fingerprint density at radius 1 is 0.304 bits per heavy atom. The molecule has 10 aromatic carbocycles. The van der Waals surface area contributed by atoms with Crippen molar-refractivity contribution in [3.63, 3.8) is 0 Å². The van der Waals surface area contributed by atoms with Crippen LogP contribution in [-0.4, -0.2) is 0 Å². The third-order valence-corrected chi connectivity index (χ3v) is 12.5. The summed E-state index contributed by atoms with van der Waals surface area (Å²) in [4.78, 5) is 2.52. The highest BCUT2D eigenvalue weighted by Gasteiger charge is 2.23. The minimum absolute atomic E-state index is 1.10. The number of rotatable bonds is 6. The third kappa shape index (κ3) is 5.30. The van der Waals surface area contributed by atoms with Crippen molar-refractivity contribution in [2.75, 3.05) is 4.90 Å². The van der Waals surface area contributed by atoms with Crippen LogP contribution < -0.4 is 4.90 Å². The van der Waals surface area contributed by atoms with E-state index in [1.165, 1.54) is 85.9 Å². The Bertz CT molecular complexity index is 3270. The number of benzene rings is 10. The molecule has 262 valence electrons. The zero-order chi connectivity index (χ0) is 37.0. The molecule has 0 radical (unpaired) electrons. The summed E-state index contributed by atoms with van der Waals surface area (Å²) in [5.74, 6) is 0. The van der Waals surface area contributed by atoms with Crippen LogP contribution in [0.1, 0.15) is 0 Å². The number of hydrogen-bond acceptors (Lipinski definition) is 2. The molecular formula is C54H35NS. The van der Waals surface area contributed by atoms with Crippen LogP contribution in [0.25, 0.3) is 85.9 Å². The average molecular weight is 730 g/mol. The van der Waals surface area contributed by atoms with Gasteiger partial charge in [0.2, 0.25) is 0 Å². The number of fused-ring (bicyclic) bond motifs is 8. The Labute approximate surface area is 330 Å². The van der Waals surface area contributed by atoms with Crippen LogP contribution in [0.15, 0.2) is 212 Å². The molecule has 0 fully saturated rings. The van der Waals surface area contributed by atoms with E-state index in [-0.39, 0.29) is 0 Å². The molecule has 11 aromatic rings. The summed E-state index contributed by atoms with van der Waals surface area (Å²) in [5.41, 5.74) is 10.6. The SMILES string of the molecule is c1ccc(-c2ccccc2-c2cccc(N(c3ccccc3-c3cc4ccccc4c4ccccc34)c3cc4c5ccccc5sc4c4ccccc34)c2)cc1. The molecule has 1 aromatic heterocycles. The van der Waals surface area contributed by atoms with E-state index in [4.69, 9.17) is 0 Å². The molecule has 0 spiro atoms. The highest BCUT2D eigenvalue weighted by Crippen LogP contribution is 2.50. The fourth-order valence-electron chi connectivity index (χ4n) is 8.71. The predicted molar refractivity (Wildman–Crippen MR) is 243 cm³/mol. The van der Waals surface area contributed by atoms with E-state index < -0.39 is 0 Å². The molecule has 0 bridgehead atoms. The Morgan fingerprint density at radius 3 is 1.71 bits per heavy atom. The highest BCUT2D eigenvalue weighted by molar-refractivity contribution is 7.26. The molecule has 1 nitrogen and oxygen atoms in total. The Kier molecular flexibility index (Phi) is 7.75. The maximum absolute atomic E-state index is 2.52. The van der Waals surface area contributed by atoms with Crippen LogP contribution in [0.3, 0.4) is 0 Å². The normalized spacial score (nSPS) is 11.6. The van der Waals surface area contributed by atoms with Gasteiger partial charge in [0.25, 0.3) is 0 Å². The van der Waals surface area contributed by atoms with Crippen molar-refractivity contribution in [3.05, 3.63) is 212 Å². The highest BCUT2D eigenvalue weighted by atomic mass is 32.1. The Morgan fingerprint density at radius 2 is 0.893 bits per heavy atom. The topological polar surface area (TPSA) is 3.24 Å². The van der Waals surface area contributed by atoms with Crippen molar-refractivity contribution in [3.8, 4) is 33.4 Å². The standard InChI is InChI=1S/C54H35NS/c1-2-17-36(18-3-1)40-22-6-7-23-41(40)37-20-16-21-39(33-37)55(52-35-50-47-29-13-15-32-53(47)56-54(50)48-30-11-10-27-45(48)52)51-31-14-12-28-46(51)49-34-38-19-4-5-24-42(38)43-25-8-9-26-44(43)49/h1-35H. The first kappa shape index (κ1) is 32.4. The molecular weight excluding hydrogens is 695 g/mol. The van der Waals surface area contributed by atoms with Gasteiger partial charge < -0.3 is 4.90 Å². The van der Waals surface area contributed by atoms with Crippen LogP contribution in [0, 0.1) is 0 Å². The second kappa shape index (κ2) is 13.4. The maximum atomic E-state index is 2.52. The van der Waals surface area contributed by atoms with Crippen molar-refractivity contribution in [1.29, 1.82) is 0 Å². The van der Waals surface area contributed by atoms with Gasteiger partial charge in [0.1, 0.15) is 0 Å². The largest absolute Gasteiger partial charge is 0.309 e. The summed E-state index contributed by atoms with van der Waals surface area (Å²) in [7, 11) is 0. The second-order valence-electron chi connectivity index (χ2n) is 14.4. The quantitative estimate of drug-likeness (QED) is 0.154. The van der Waals surface area contributed by atoms with Gasteiger partial charge in [0, 0.05) is 42.2 Å². The van der Waals surface area contributed by atoms with E-state index in [1.807, 2.05) is 11.3 Å². The maximum Gasteiger partial charge on any atom is 0.0547 e. The van der Waals surface area contributed by atoms with Crippen LogP contribution in [-0.2, 0) is 0 Å². The van der Waals surface area contributed by atoms with Gasteiger partial charge >= 0.3 is 0 Å². The fraction of sp³-hybridized carbons (Fsp3) is 0. The molecule has 0 amide bonds. The molecule has 0 saturated carbocycles. The Hall–Kier alpha value is -7.00. The first-order chi connectivity index (χ1) is 27.8. The second-order valence-corrected chi connectivity index (χ2v) is 15.5. The number of anilines is 3. The van der Waals surface area contributed by atoms with Crippen LogP contribution in [0.2, 0.25) is 0 Å². The summed E-state index contributed by atoms with van der Waals surface area (Å²) >= 11 is 1.89. The molecule has 0 unspecified atom stereocenters. The van der Waals surface area contributed by atoms with Crippen LogP contribution >= 0.6 is 11.3 Å². The van der Waals surface area contributed by atoms with Crippen LogP contribution in [0.5, 0.6) is 0 Å². The van der Waals surface area contributed by atoms with Gasteiger partial charge in [-0.15, -0.1) is 11.3 Å². The molecule has 0 N–H and O–H groups in total. The van der Waals surface area contributed by atoms with Crippen molar-refractivity contribution < 1.29 is 0 Å². The molecule has 0 aliphatic heterocycles. The number of para-hydroxylation sites is 1. The van der Waals surface area contributed by atoms with Crippen molar-refractivity contribution in [1.82, 2.24) is 0 Å². The zero-order valence-corrected chi connectivity index (χ0v) is 31.4. The van der Waals surface area contributed by atoms with Gasteiger partial charge in [0.15, 0.2) is 0 Å². The van der Waals surface area contributed by atoms with Gasteiger partial charge in [-0.25, -0.2) is 0 Å². The van der Waals surface area contributed by atoms with E-state index in [1.54, 1.807) is 0 Å².